The standard InChI is InChI=1S/C16H26FNO3/c1-2-13(10-12-6-4-3-5-7-12)14(19)18-9-8-16(17,11-18)15(20)21/h12-13H,2-11H2,1H3,(H,20,21). The maximum atomic E-state index is 14.1. The molecular formula is C16H26FNO3. The second-order valence-electron chi connectivity index (χ2n) is 6.63. The number of rotatable bonds is 5. The molecule has 0 aromatic heterocycles. The number of carboxylic acids is 1. The van der Waals surface area contributed by atoms with Gasteiger partial charge in [-0.1, -0.05) is 39.0 Å². The molecule has 0 aromatic rings. The average molecular weight is 299 g/mol. The van der Waals surface area contributed by atoms with Crippen LogP contribution in [0.25, 0.3) is 0 Å². The first-order valence-corrected chi connectivity index (χ1v) is 8.17. The Balaban J connectivity index is 1.92. The lowest BCUT2D eigenvalue weighted by atomic mass is 9.81. The third-order valence-electron chi connectivity index (χ3n) is 5.10. The van der Waals surface area contributed by atoms with Crippen molar-refractivity contribution in [2.75, 3.05) is 13.1 Å². The zero-order valence-electron chi connectivity index (χ0n) is 12.8. The first-order chi connectivity index (χ1) is 9.96. The van der Waals surface area contributed by atoms with Gasteiger partial charge in [-0.25, -0.2) is 9.18 Å². The van der Waals surface area contributed by atoms with Crippen LogP contribution in [0.5, 0.6) is 0 Å². The highest BCUT2D eigenvalue weighted by Gasteiger charge is 2.47. The number of hydrogen-bond donors (Lipinski definition) is 1. The van der Waals surface area contributed by atoms with E-state index in [9.17, 15) is 14.0 Å². The van der Waals surface area contributed by atoms with Crippen molar-refractivity contribution >= 4 is 11.9 Å². The van der Waals surface area contributed by atoms with Gasteiger partial charge in [0.2, 0.25) is 11.6 Å². The third-order valence-corrected chi connectivity index (χ3v) is 5.10. The molecule has 4 nitrogen and oxygen atoms in total. The van der Waals surface area contributed by atoms with Gasteiger partial charge in [-0.15, -0.1) is 0 Å². The Kier molecular flexibility index (Phi) is 5.22. The van der Waals surface area contributed by atoms with Gasteiger partial charge in [0.15, 0.2) is 0 Å². The fourth-order valence-electron chi connectivity index (χ4n) is 3.66. The summed E-state index contributed by atoms with van der Waals surface area (Å²) in [6, 6.07) is 0. The van der Waals surface area contributed by atoms with E-state index in [0.29, 0.717) is 5.92 Å². The molecule has 21 heavy (non-hydrogen) atoms. The molecule has 0 spiro atoms. The van der Waals surface area contributed by atoms with Crippen LogP contribution < -0.4 is 0 Å². The molecule has 5 heteroatoms. The highest BCUT2D eigenvalue weighted by atomic mass is 19.1. The van der Waals surface area contributed by atoms with E-state index in [1.54, 1.807) is 0 Å². The number of hydrogen-bond acceptors (Lipinski definition) is 2. The smallest absolute Gasteiger partial charge is 0.343 e. The largest absolute Gasteiger partial charge is 0.479 e. The van der Waals surface area contributed by atoms with Crippen LogP contribution in [-0.2, 0) is 9.59 Å². The highest BCUT2D eigenvalue weighted by Crippen LogP contribution is 2.33. The first-order valence-electron chi connectivity index (χ1n) is 8.17. The summed E-state index contributed by atoms with van der Waals surface area (Å²) >= 11 is 0. The lowest BCUT2D eigenvalue weighted by molar-refractivity contribution is -0.150. The van der Waals surface area contributed by atoms with E-state index in [0.717, 1.165) is 12.8 Å². The number of amides is 1. The van der Waals surface area contributed by atoms with Gasteiger partial charge in [0.1, 0.15) is 0 Å². The number of carbonyl (C=O) groups excluding carboxylic acids is 1. The molecule has 1 amide bonds. The first kappa shape index (κ1) is 16.2. The second-order valence-corrected chi connectivity index (χ2v) is 6.63. The number of halogens is 1. The van der Waals surface area contributed by atoms with E-state index in [2.05, 4.69) is 0 Å². The van der Waals surface area contributed by atoms with Crippen LogP contribution in [0.1, 0.15) is 58.3 Å². The lowest BCUT2D eigenvalue weighted by Gasteiger charge is -2.28. The predicted octanol–water partition coefficient (Wildman–Crippen LogP) is 3.01. The number of carboxylic acid groups (broad SMARTS) is 1. The fourth-order valence-corrected chi connectivity index (χ4v) is 3.66. The van der Waals surface area contributed by atoms with Crippen molar-refractivity contribution in [3.8, 4) is 0 Å². The Morgan fingerprint density at radius 1 is 1.33 bits per heavy atom. The predicted molar refractivity (Wildman–Crippen MR) is 77.6 cm³/mol. The third kappa shape index (κ3) is 3.74. The van der Waals surface area contributed by atoms with Crippen LogP contribution in [0.3, 0.4) is 0 Å². The summed E-state index contributed by atoms with van der Waals surface area (Å²) in [5.41, 5.74) is -2.25. The molecule has 1 aliphatic carbocycles. The maximum Gasteiger partial charge on any atom is 0.343 e. The summed E-state index contributed by atoms with van der Waals surface area (Å²) in [7, 11) is 0. The molecule has 2 aliphatic rings. The Bertz CT molecular complexity index is 395. The molecule has 0 radical (unpaired) electrons. The van der Waals surface area contributed by atoms with Crippen LogP contribution >= 0.6 is 0 Å². The van der Waals surface area contributed by atoms with E-state index in [4.69, 9.17) is 5.11 Å². The topological polar surface area (TPSA) is 57.6 Å². The van der Waals surface area contributed by atoms with Crippen LogP contribution in [0.2, 0.25) is 0 Å². The molecule has 1 aliphatic heterocycles. The van der Waals surface area contributed by atoms with Gasteiger partial charge in [-0.05, 0) is 18.8 Å². The molecule has 2 fully saturated rings. The number of likely N-dealkylation sites (tertiary alicyclic amines) is 1. The van der Waals surface area contributed by atoms with Crippen molar-refractivity contribution < 1.29 is 19.1 Å². The number of alkyl halides is 1. The molecule has 2 unspecified atom stereocenters. The summed E-state index contributed by atoms with van der Waals surface area (Å²) in [5.74, 6) is -0.976. The molecule has 0 bridgehead atoms. The Morgan fingerprint density at radius 2 is 2.00 bits per heavy atom. The quantitative estimate of drug-likeness (QED) is 0.849. The minimum Gasteiger partial charge on any atom is -0.479 e. The number of carbonyl (C=O) groups is 2. The Hall–Kier alpha value is -1.13. The second kappa shape index (κ2) is 6.75. The maximum absolute atomic E-state index is 14.1. The normalized spacial score (nSPS) is 28.6. The van der Waals surface area contributed by atoms with Crippen molar-refractivity contribution in [1.82, 2.24) is 4.90 Å². The van der Waals surface area contributed by atoms with Gasteiger partial charge >= 0.3 is 5.97 Å². The summed E-state index contributed by atoms with van der Waals surface area (Å²) in [5, 5.41) is 8.92. The number of nitrogens with zero attached hydrogens (tertiary/aromatic N) is 1. The van der Waals surface area contributed by atoms with E-state index in [-0.39, 0.29) is 31.3 Å². The van der Waals surface area contributed by atoms with E-state index >= 15 is 0 Å². The van der Waals surface area contributed by atoms with Crippen LogP contribution in [0.4, 0.5) is 4.39 Å². The number of aliphatic carboxylic acids is 1. The molecule has 1 N–H and O–H groups in total. The van der Waals surface area contributed by atoms with Gasteiger partial charge in [-0.2, -0.15) is 0 Å². The summed E-state index contributed by atoms with van der Waals surface area (Å²) in [6.45, 7) is 1.92. The fraction of sp³-hybridized carbons (Fsp3) is 0.875. The molecule has 1 saturated carbocycles. The molecule has 0 aromatic carbocycles. The van der Waals surface area contributed by atoms with E-state index < -0.39 is 11.6 Å². The molecule has 2 atom stereocenters. The monoisotopic (exact) mass is 299 g/mol. The zero-order chi connectivity index (χ0) is 15.5. The van der Waals surface area contributed by atoms with Gasteiger partial charge in [-0.3, -0.25) is 4.79 Å². The molecule has 1 heterocycles. The zero-order valence-corrected chi connectivity index (χ0v) is 12.8. The van der Waals surface area contributed by atoms with Crippen LogP contribution in [0, 0.1) is 11.8 Å². The minimum atomic E-state index is -2.25. The minimum absolute atomic E-state index is 0.0520. The lowest BCUT2D eigenvalue weighted by Crippen LogP contribution is -2.41. The average Bonchev–Trinajstić information content (AvgIpc) is 2.89. The van der Waals surface area contributed by atoms with Gasteiger partial charge < -0.3 is 10.0 Å². The van der Waals surface area contributed by atoms with E-state index in [1.165, 1.54) is 37.0 Å². The van der Waals surface area contributed by atoms with Gasteiger partial charge in [0.05, 0.1) is 6.54 Å². The van der Waals surface area contributed by atoms with E-state index in [1.807, 2.05) is 6.92 Å². The molecule has 120 valence electrons. The SMILES string of the molecule is CCC(CC1CCCCC1)C(=O)N1CCC(F)(C(=O)O)C1. The molecule has 2 rings (SSSR count). The van der Waals surface area contributed by atoms with Crippen molar-refractivity contribution in [2.45, 2.75) is 64.0 Å². The highest BCUT2D eigenvalue weighted by molar-refractivity contribution is 5.83. The van der Waals surface area contributed by atoms with Gasteiger partial charge in [0, 0.05) is 18.9 Å². The van der Waals surface area contributed by atoms with Crippen molar-refractivity contribution in [3.05, 3.63) is 0 Å². The van der Waals surface area contributed by atoms with Gasteiger partial charge in [0.25, 0.3) is 0 Å². The van der Waals surface area contributed by atoms with Crippen LogP contribution in [-0.4, -0.2) is 40.6 Å². The Labute approximate surface area is 125 Å². The van der Waals surface area contributed by atoms with Crippen molar-refractivity contribution in [1.29, 1.82) is 0 Å². The molecular weight excluding hydrogens is 273 g/mol. The van der Waals surface area contributed by atoms with Crippen LogP contribution in [0.15, 0.2) is 0 Å². The van der Waals surface area contributed by atoms with Crippen molar-refractivity contribution in [3.63, 3.8) is 0 Å². The summed E-state index contributed by atoms with van der Waals surface area (Å²) in [4.78, 5) is 24.9. The Morgan fingerprint density at radius 3 is 2.52 bits per heavy atom. The molecule has 1 saturated heterocycles. The summed E-state index contributed by atoms with van der Waals surface area (Å²) in [6.07, 6.45) is 7.68. The van der Waals surface area contributed by atoms with Crippen molar-refractivity contribution in [2.24, 2.45) is 11.8 Å². The summed E-state index contributed by atoms with van der Waals surface area (Å²) < 4.78 is 14.1.